The van der Waals surface area contributed by atoms with Gasteiger partial charge in [0.05, 0.1) is 17.6 Å². The summed E-state index contributed by atoms with van der Waals surface area (Å²) in [5, 5.41) is 10.6. The van der Waals surface area contributed by atoms with Crippen LogP contribution in [0.5, 0.6) is 0 Å². The Labute approximate surface area is 91.8 Å². The zero-order valence-corrected chi connectivity index (χ0v) is 10.2. The van der Waals surface area contributed by atoms with Gasteiger partial charge in [-0.25, -0.2) is 0 Å². The number of carbonyl (C=O) groups is 1. The van der Waals surface area contributed by atoms with Crippen LogP contribution in [0.25, 0.3) is 0 Å². The first-order chi connectivity index (χ1) is 6.92. The lowest BCUT2D eigenvalue weighted by atomic mass is 9.71. The minimum absolute atomic E-state index is 0.164. The molecule has 1 aliphatic rings. The predicted molar refractivity (Wildman–Crippen MR) is 58.4 cm³/mol. The molecule has 1 aliphatic carbocycles. The van der Waals surface area contributed by atoms with Crippen LogP contribution < -0.4 is 0 Å². The van der Waals surface area contributed by atoms with Crippen molar-refractivity contribution in [3.05, 3.63) is 0 Å². The molecule has 3 nitrogen and oxygen atoms in total. The highest BCUT2D eigenvalue weighted by Crippen LogP contribution is 2.52. The highest BCUT2D eigenvalue weighted by molar-refractivity contribution is 5.78. The van der Waals surface area contributed by atoms with E-state index in [1.165, 1.54) is 0 Å². The molecule has 3 heteroatoms. The van der Waals surface area contributed by atoms with Crippen molar-refractivity contribution in [2.24, 2.45) is 11.3 Å². The van der Waals surface area contributed by atoms with Gasteiger partial charge in [0.2, 0.25) is 0 Å². The zero-order chi connectivity index (χ0) is 11.7. The van der Waals surface area contributed by atoms with Gasteiger partial charge in [-0.05, 0) is 39.0 Å². The third-order valence-electron chi connectivity index (χ3n) is 4.11. The lowest BCUT2D eigenvalue weighted by molar-refractivity contribution is -0.172. The van der Waals surface area contributed by atoms with E-state index < -0.39 is 11.0 Å². The predicted octanol–water partition coefficient (Wildman–Crippen LogP) is 2.13. The highest BCUT2D eigenvalue weighted by atomic mass is 16.5. The van der Waals surface area contributed by atoms with Crippen molar-refractivity contribution in [2.45, 2.75) is 52.6 Å². The summed E-state index contributed by atoms with van der Waals surface area (Å²) < 4.78 is 5.08. The van der Waals surface area contributed by atoms with E-state index in [-0.39, 0.29) is 11.9 Å². The molecule has 1 N–H and O–H groups in total. The molecule has 0 aromatic rings. The maximum absolute atomic E-state index is 11.9. The second-order valence-corrected chi connectivity index (χ2v) is 4.77. The van der Waals surface area contributed by atoms with Crippen LogP contribution in [0.2, 0.25) is 0 Å². The topological polar surface area (TPSA) is 46.5 Å². The number of aliphatic hydroxyl groups is 1. The van der Waals surface area contributed by atoms with Crippen LogP contribution in [-0.2, 0) is 9.53 Å². The molecule has 0 aromatic heterocycles. The SMILES string of the molecule is CCOC(=O)[C@]1(C)CC[C@@H](C)[C@@]1(O)CC. The number of hydrogen-bond donors (Lipinski definition) is 1. The fraction of sp³-hybridized carbons (Fsp3) is 0.917. The molecule has 0 radical (unpaired) electrons. The smallest absolute Gasteiger partial charge is 0.314 e. The van der Waals surface area contributed by atoms with Crippen LogP contribution in [0.15, 0.2) is 0 Å². The van der Waals surface area contributed by atoms with Gasteiger partial charge < -0.3 is 9.84 Å². The molecule has 0 aromatic carbocycles. The van der Waals surface area contributed by atoms with E-state index in [1.807, 2.05) is 20.8 Å². The van der Waals surface area contributed by atoms with Gasteiger partial charge in [-0.15, -0.1) is 0 Å². The molecule has 0 heterocycles. The maximum Gasteiger partial charge on any atom is 0.314 e. The minimum Gasteiger partial charge on any atom is -0.465 e. The van der Waals surface area contributed by atoms with Crippen LogP contribution in [0.3, 0.4) is 0 Å². The van der Waals surface area contributed by atoms with Gasteiger partial charge in [-0.3, -0.25) is 4.79 Å². The van der Waals surface area contributed by atoms with E-state index in [1.54, 1.807) is 6.92 Å². The first kappa shape index (κ1) is 12.5. The van der Waals surface area contributed by atoms with Gasteiger partial charge in [-0.1, -0.05) is 13.8 Å². The van der Waals surface area contributed by atoms with Gasteiger partial charge in [0.1, 0.15) is 0 Å². The first-order valence-electron chi connectivity index (χ1n) is 5.82. The molecule has 15 heavy (non-hydrogen) atoms. The summed E-state index contributed by atoms with van der Waals surface area (Å²) in [5.74, 6) is -0.0874. The number of carbonyl (C=O) groups excluding carboxylic acids is 1. The molecular weight excluding hydrogens is 192 g/mol. The Morgan fingerprint density at radius 3 is 2.60 bits per heavy atom. The molecule has 1 saturated carbocycles. The molecular formula is C12H22O3. The van der Waals surface area contributed by atoms with E-state index in [0.717, 1.165) is 12.8 Å². The number of hydrogen-bond acceptors (Lipinski definition) is 3. The number of esters is 1. The van der Waals surface area contributed by atoms with Crippen molar-refractivity contribution in [3.8, 4) is 0 Å². The lowest BCUT2D eigenvalue weighted by Gasteiger charge is -2.39. The van der Waals surface area contributed by atoms with Gasteiger partial charge >= 0.3 is 5.97 Å². The molecule has 88 valence electrons. The summed E-state index contributed by atoms with van der Waals surface area (Å²) in [6.45, 7) is 7.94. The van der Waals surface area contributed by atoms with Gasteiger partial charge in [0, 0.05) is 0 Å². The highest BCUT2D eigenvalue weighted by Gasteiger charge is 2.59. The third-order valence-corrected chi connectivity index (χ3v) is 4.11. The Kier molecular flexibility index (Phi) is 3.44. The standard InChI is InChI=1S/C12H22O3/c1-5-12(14)9(3)7-8-11(12,4)10(13)15-6-2/h9,14H,5-8H2,1-4H3/t9-,11+,12+/m1/s1. The van der Waals surface area contributed by atoms with Gasteiger partial charge in [0.15, 0.2) is 0 Å². The summed E-state index contributed by atoms with van der Waals surface area (Å²) in [5.41, 5.74) is -1.63. The van der Waals surface area contributed by atoms with Crippen molar-refractivity contribution >= 4 is 5.97 Å². The van der Waals surface area contributed by atoms with E-state index in [0.29, 0.717) is 13.0 Å². The van der Waals surface area contributed by atoms with Crippen molar-refractivity contribution in [1.29, 1.82) is 0 Å². The average Bonchev–Trinajstić information content (AvgIpc) is 2.45. The minimum atomic E-state index is -0.904. The third kappa shape index (κ3) is 1.67. The largest absolute Gasteiger partial charge is 0.465 e. The van der Waals surface area contributed by atoms with E-state index in [4.69, 9.17) is 4.74 Å². The maximum atomic E-state index is 11.9. The van der Waals surface area contributed by atoms with E-state index in [9.17, 15) is 9.90 Å². The summed E-state index contributed by atoms with van der Waals surface area (Å²) in [7, 11) is 0. The fourth-order valence-corrected chi connectivity index (χ4v) is 2.81. The van der Waals surface area contributed by atoms with Crippen LogP contribution in [0, 0.1) is 11.3 Å². The summed E-state index contributed by atoms with van der Waals surface area (Å²) in [6.07, 6.45) is 2.21. The number of rotatable bonds is 3. The van der Waals surface area contributed by atoms with Crippen LogP contribution in [-0.4, -0.2) is 23.3 Å². The van der Waals surface area contributed by atoms with Crippen molar-refractivity contribution in [3.63, 3.8) is 0 Å². The Morgan fingerprint density at radius 1 is 1.53 bits per heavy atom. The summed E-state index contributed by atoms with van der Waals surface area (Å²) >= 11 is 0. The lowest BCUT2D eigenvalue weighted by Crippen LogP contribution is -2.50. The molecule has 3 atom stereocenters. The monoisotopic (exact) mass is 214 g/mol. The Morgan fingerprint density at radius 2 is 2.13 bits per heavy atom. The molecule has 0 aliphatic heterocycles. The van der Waals surface area contributed by atoms with Crippen LogP contribution in [0.4, 0.5) is 0 Å². The summed E-state index contributed by atoms with van der Waals surface area (Å²) in [6, 6.07) is 0. The van der Waals surface area contributed by atoms with Gasteiger partial charge in [0.25, 0.3) is 0 Å². The Bertz CT molecular complexity index is 251. The summed E-state index contributed by atoms with van der Waals surface area (Å²) in [4.78, 5) is 11.9. The Hall–Kier alpha value is -0.570. The molecule has 1 fully saturated rings. The molecule has 0 bridgehead atoms. The van der Waals surface area contributed by atoms with Crippen molar-refractivity contribution in [1.82, 2.24) is 0 Å². The second-order valence-electron chi connectivity index (χ2n) is 4.77. The first-order valence-corrected chi connectivity index (χ1v) is 5.82. The number of ether oxygens (including phenoxy) is 1. The van der Waals surface area contributed by atoms with Crippen molar-refractivity contribution < 1.29 is 14.6 Å². The molecule has 1 rings (SSSR count). The average molecular weight is 214 g/mol. The van der Waals surface area contributed by atoms with Crippen LogP contribution in [0.1, 0.15) is 47.0 Å². The quantitative estimate of drug-likeness (QED) is 0.732. The molecule has 0 amide bonds. The second kappa shape index (κ2) is 4.12. The fourth-order valence-electron chi connectivity index (χ4n) is 2.81. The molecule has 0 spiro atoms. The van der Waals surface area contributed by atoms with E-state index >= 15 is 0 Å². The normalized spacial score (nSPS) is 40.5. The van der Waals surface area contributed by atoms with E-state index in [2.05, 4.69) is 0 Å². The zero-order valence-electron chi connectivity index (χ0n) is 10.2. The van der Waals surface area contributed by atoms with Gasteiger partial charge in [-0.2, -0.15) is 0 Å². The molecule has 0 saturated heterocycles. The Balaban J connectivity index is 2.97. The van der Waals surface area contributed by atoms with Crippen molar-refractivity contribution in [2.75, 3.05) is 6.61 Å². The molecule has 0 unspecified atom stereocenters. The van der Waals surface area contributed by atoms with Crippen LogP contribution >= 0.6 is 0 Å².